The van der Waals surface area contributed by atoms with E-state index in [0.717, 1.165) is 38.0 Å². The van der Waals surface area contributed by atoms with Crippen molar-refractivity contribution in [3.63, 3.8) is 0 Å². The Balaban J connectivity index is 2.15. The minimum absolute atomic E-state index is 0.00913. The number of piperidine rings is 1. The van der Waals surface area contributed by atoms with Gasteiger partial charge in [0.25, 0.3) is 5.91 Å². The fourth-order valence-electron chi connectivity index (χ4n) is 2.58. The summed E-state index contributed by atoms with van der Waals surface area (Å²) < 4.78 is 5.54. The third kappa shape index (κ3) is 2.58. The number of likely N-dealkylation sites (tertiary alicyclic amines) is 1. The predicted octanol–water partition coefficient (Wildman–Crippen LogP) is 2.18. The van der Waals surface area contributed by atoms with E-state index in [1.54, 1.807) is 6.07 Å². The first kappa shape index (κ1) is 13.1. The van der Waals surface area contributed by atoms with E-state index < -0.39 is 0 Å². The fourth-order valence-corrected chi connectivity index (χ4v) is 2.58. The number of carbonyl (C=O) groups is 1. The summed E-state index contributed by atoms with van der Waals surface area (Å²) in [6.45, 7) is 4.77. The number of nitrogens with zero attached hydrogens (tertiary/aromatic N) is 1. The van der Waals surface area contributed by atoms with Crippen molar-refractivity contribution in [3.8, 4) is 0 Å². The minimum Gasteiger partial charge on any atom is -0.456 e. The van der Waals surface area contributed by atoms with Crippen molar-refractivity contribution >= 4 is 5.91 Å². The molecule has 1 amide bonds. The average Bonchev–Trinajstić information content (AvgIpc) is 2.86. The van der Waals surface area contributed by atoms with Crippen molar-refractivity contribution in [1.82, 2.24) is 4.90 Å². The van der Waals surface area contributed by atoms with E-state index in [0.29, 0.717) is 5.76 Å². The normalized spacial score (nSPS) is 21.9. The second kappa shape index (κ2) is 5.57. The third-order valence-electron chi connectivity index (χ3n) is 3.64. The largest absolute Gasteiger partial charge is 0.456 e. The van der Waals surface area contributed by atoms with E-state index in [-0.39, 0.29) is 18.0 Å². The van der Waals surface area contributed by atoms with Crippen LogP contribution in [0, 0.1) is 0 Å². The lowest BCUT2D eigenvalue weighted by Crippen LogP contribution is -2.51. The summed E-state index contributed by atoms with van der Waals surface area (Å²) in [7, 11) is 0. The molecule has 0 aliphatic carbocycles. The lowest BCUT2D eigenvalue weighted by Gasteiger charge is -2.37. The zero-order valence-corrected chi connectivity index (χ0v) is 11.2. The lowest BCUT2D eigenvalue weighted by molar-refractivity contribution is 0.0550. The minimum atomic E-state index is -0.0169. The number of amides is 1. The Kier molecular flexibility index (Phi) is 4.07. The molecule has 0 bridgehead atoms. The van der Waals surface area contributed by atoms with Crippen LogP contribution in [0.1, 0.15) is 49.4 Å². The quantitative estimate of drug-likeness (QED) is 0.894. The molecule has 2 N–H and O–H groups in total. The van der Waals surface area contributed by atoms with Crippen LogP contribution in [0.15, 0.2) is 16.5 Å². The highest BCUT2D eigenvalue weighted by Crippen LogP contribution is 2.22. The highest BCUT2D eigenvalue weighted by atomic mass is 16.4. The van der Waals surface area contributed by atoms with Crippen LogP contribution < -0.4 is 5.73 Å². The Morgan fingerprint density at radius 2 is 2.33 bits per heavy atom. The summed E-state index contributed by atoms with van der Waals surface area (Å²) in [6.07, 6.45) is 4.00. The van der Waals surface area contributed by atoms with E-state index in [4.69, 9.17) is 10.2 Å². The van der Waals surface area contributed by atoms with Crippen molar-refractivity contribution < 1.29 is 9.21 Å². The standard InChI is InChI=1S/C14H22N2O2/c1-3-11-7-8-13(18-11)14(17)16-9-5-4-6-12(16)10(2)15/h7-8,10,12H,3-6,9,15H2,1-2H3/t10-,12+/m0/s1. The van der Waals surface area contributed by atoms with E-state index in [1.165, 1.54) is 0 Å². The molecule has 0 unspecified atom stereocenters. The maximum absolute atomic E-state index is 12.4. The molecule has 1 aliphatic heterocycles. The number of hydrogen-bond acceptors (Lipinski definition) is 3. The van der Waals surface area contributed by atoms with Crippen molar-refractivity contribution in [2.45, 2.75) is 51.6 Å². The Labute approximate surface area is 108 Å². The molecule has 0 spiro atoms. The van der Waals surface area contributed by atoms with E-state index in [2.05, 4.69) is 0 Å². The molecule has 0 aromatic carbocycles. The summed E-state index contributed by atoms with van der Waals surface area (Å²) in [5.74, 6) is 1.28. The number of carbonyl (C=O) groups excluding carboxylic acids is 1. The van der Waals surface area contributed by atoms with Gasteiger partial charge in [-0.05, 0) is 38.3 Å². The first-order valence-electron chi connectivity index (χ1n) is 6.78. The molecule has 0 saturated carbocycles. The maximum atomic E-state index is 12.4. The Morgan fingerprint density at radius 1 is 1.56 bits per heavy atom. The number of rotatable bonds is 3. The number of nitrogens with two attached hydrogens (primary N) is 1. The van der Waals surface area contributed by atoms with Gasteiger partial charge in [-0.15, -0.1) is 0 Å². The molecule has 18 heavy (non-hydrogen) atoms. The zero-order valence-electron chi connectivity index (χ0n) is 11.2. The molecular formula is C14H22N2O2. The Morgan fingerprint density at radius 3 is 2.94 bits per heavy atom. The van der Waals surface area contributed by atoms with Crippen LogP contribution in [0.2, 0.25) is 0 Å². The van der Waals surface area contributed by atoms with Crippen LogP contribution in [-0.2, 0) is 6.42 Å². The van der Waals surface area contributed by atoms with Crippen LogP contribution in [0.25, 0.3) is 0 Å². The van der Waals surface area contributed by atoms with Gasteiger partial charge in [0.15, 0.2) is 5.76 Å². The maximum Gasteiger partial charge on any atom is 0.289 e. The van der Waals surface area contributed by atoms with Crippen molar-refractivity contribution in [2.24, 2.45) is 5.73 Å². The smallest absolute Gasteiger partial charge is 0.289 e. The molecule has 4 heteroatoms. The van der Waals surface area contributed by atoms with Crippen molar-refractivity contribution in [3.05, 3.63) is 23.7 Å². The molecule has 4 nitrogen and oxygen atoms in total. The molecule has 2 atom stereocenters. The number of aryl methyl sites for hydroxylation is 1. The second-order valence-corrected chi connectivity index (χ2v) is 5.04. The molecule has 1 aromatic rings. The van der Waals surface area contributed by atoms with Gasteiger partial charge in [0.2, 0.25) is 0 Å². The summed E-state index contributed by atoms with van der Waals surface area (Å²) in [5.41, 5.74) is 5.98. The van der Waals surface area contributed by atoms with Gasteiger partial charge in [-0.25, -0.2) is 0 Å². The van der Waals surface area contributed by atoms with Gasteiger partial charge < -0.3 is 15.1 Å². The van der Waals surface area contributed by atoms with Crippen molar-refractivity contribution in [2.75, 3.05) is 6.54 Å². The monoisotopic (exact) mass is 250 g/mol. The van der Waals surface area contributed by atoms with Crippen LogP contribution in [-0.4, -0.2) is 29.4 Å². The first-order chi connectivity index (χ1) is 8.63. The van der Waals surface area contributed by atoms with Gasteiger partial charge in [-0.1, -0.05) is 6.92 Å². The molecule has 1 aliphatic rings. The van der Waals surface area contributed by atoms with Gasteiger partial charge >= 0.3 is 0 Å². The molecular weight excluding hydrogens is 228 g/mol. The lowest BCUT2D eigenvalue weighted by atomic mass is 9.96. The van der Waals surface area contributed by atoms with Crippen LogP contribution in [0.5, 0.6) is 0 Å². The van der Waals surface area contributed by atoms with E-state index >= 15 is 0 Å². The molecule has 100 valence electrons. The van der Waals surface area contributed by atoms with Crippen LogP contribution in [0.3, 0.4) is 0 Å². The molecule has 2 heterocycles. The van der Waals surface area contributed by atoms with E-state index in [1.807, 2.05) is 24.8 Å². The topological polar surface area (TPSA) is 59.5 Å². The van der Waals surface area contributed by atoms with Gasteiger partial charge in [-0.3, -0.25) is 4.79 Å². The van der Waals surface area contributed by atoms with Gasteiger partial charge in [0, 0.05) is 25.0 Å². The summed E-state index contributed by atoms with van der Waals surface area (Å²) in [6, 6.07) is 3.79. The summed E-state index contributed by atoms with van der Waals surface area (Å²) >= 11 is 0. The Bertz CT molecular complexity index is 412. The summed E-state index contributed by atoms with van der Waals surface area (Å²) in [5, 5.41) is 0. The second-order valence-electron chi connectivity index (χ2n) is 5.04. The molecule has 1 aromatic heterocycles. The number of hydrogen-bond donors (Lipinski definition) is 1. The molecule has 0 radical (unpaired) electrons. The third-order valence-corrected chi connectivity index (χ3v) is 3.64. The molecule has 1 saturated heterocycles. The highest BCUT2D eigenvalue weighted by Gasteiger charge is 2.31. The van der Waals surface area contributed by atoms with Crippen molar-refractivity contribution in [1.29, 1.82) is 0 Å². The number of furan rings is 1. The first-order valence-corrected chi connectivity index (χ1v) is 6.78. The molecule has 2 rings (SSSR count). The van der Waals surface area contributed by atoms with Gasteiger partial charge in [-0.2, -0.15) is 0 Å². The fraction of sp³-hybridized carbons (Fsp3) is 0.643. The summed E-state index contributed by atoms with van der Waals surface area (Å²) in [4.78, 5) is 14.3. The van der Waals surface area contributed by atoms with Crippen LogP contribution >= 0.6 is 0 Å². The SMILES string of the molecule is CCc1ccc(C(=O)N2CCCC[C@@H]2[C@H](C)N)o1. The van der Waals surface area contributed by atoms with Crippen LogP contribution in [0.4, 0.5) is 0 Å². The predicted molar refractivity (Wildman–Crippen MR) is 70.4 cm³/mol. The Hall–Kier alpha value is -1.29. The highest BCUT2D eigenvalue weighted by molar-refractivity contribution is 5.91. The van der Waals surface area contributed by atoms with Gasteiger partial charge in [0.1, 0.15) is 5.76 Å². The average molecular weight is 250 g/mol. The molecule has 1 fully saturated rings. The van der Waals surface area contributed by atoms with E-state index in [9.17, 15) is 4.79 Å². The zero-order chi connectivity index (χ0) is 13.1. The van der Waals surface area contributed by atoms with Gasteiger partial charge in [0.05, 0.1) is 0 Å².